The van der Waals surface area contributed by atoms with Gasteiger partial charge in [0, 0.05) is 24.1 Å². The molecule has 1 spiro atoms. The van der Waals surface area contributed by atoms with Gasteiger partial charge in [-0.3, -0.25) is 9.59 Å². The van der Waals surface area contributed by atoms with Crippen molar-refractivity contribution in [1.29, 1.82) is 0 Å². The highest BCUT2D eigenvalue weighted by Crippen LogP contribution is 2.57. The first-order valence-corrected chi connectivity index (χ1v) is 11.7. The van der Waals surface area contributed by atoms with Crippen molar-refractivity contribution in [1.82, 2.24) is 0 Å². The number of nitrogens with zero attached hydrogens (tertiary/aromatic N) is 1. The van der Waals surface area contributed by atoms with Crippen LogP contribution in [0.25, 0.3) is 0 Å². The molecule has 0 saturated heterocycles. The third-order valence-corrected chi connectivity index (χ3v) is 6.70. The smallest absolute Gasteiger partial charge is 0.339 e. The Bertz CT molecular complexity index is 1180. The second kappa shape index (κ2) is 8.87. The van der Waals surface area contributed by atoms with Crippen molar-refractivity contribution < 1.29 is 33.4 Å². The first-order valence-electron chi connectivity index (χ1n) is 11.7. The zero-order valence-electron chi connectivity index (χ0n) is 20.4. The summed E-state index contributed by atoms with van der Waals surface area (Å²) in [5, 5.41) is 0. The largest absolute Gasteiger partial charge is 0.468 e. The van der Waals surface area contributed by atoms with E-state index in [0.717, 1.165) is 6.42 Å². The molecule has 1 aliphatic carbocycles. The first kappa shape index (κ1) is 24.5. The monoisotopic (exact) mass is 482 g/mol. The Labute approximate surface area is 203 Å². The van der Waals surface area contributed by atoms with Crippen LogP contribution in [-0.2, 0) is 38.8 Å². The van der Waals surface area contributed by atoms with Crippen LogP contribution in [0.1, 0.15) is 52.0 Å². The lowest BCUT2D eigenvalue weighted by atomic mass is 9.62. The summed E-state index contributed by atoms with van der Waals surface area (Å²) >= 11 is 0. The van der Waals surface area contributed by atoms with E-state index in [1.807, 2.05) is 20.8 Å². The number of ketones is 1. The Hall–Kier alpha value is -3.62. The lowest BCUT2D eigenvalue weighted by Crippen LogP contribution is -2.51. The molecule has 2 aliphatic heterocycles. The molecular weight excluding hydrogens is 452 g/mol. The molecule has 4 rings (SSSR count). The molecule has 0 bridgehead atoms. The molecule has 9 heteroatoms. The minimum absolute atomic E-state index is 0.114. The number of methoxy groups -OCH3 is 1. The SMILES string of the molecule is CCCCOC(=O)C1=C(N)N(CC(=O)OC)c2ccccc2[C@@]12C(=O)OC1=C2C(=O)CC(C)(C)C1. The molecule has 2 heterocycles. The van der Waals surface area contributed by atoms with Crippen molar-refractivity contribution in [3.8, 4) is 0 Å². The number of nitrogens with two attached hydrogens (primary N) is 1. The summed E-state index contributed by atoms with van der Waals surface area (Å²) in [6.07, 6.45) is 1.93. The van der Waals surface area contributed by atoms with Gasteiger partial charge in [-0.2, -0.15) is 0 Å². The van der Waals surface area contributed by atoms with E-state index in [2.05, 4.69) is 0 Å². The van der Waals surface area contributed by atoms with E-state index in [0.29, 0.717) is 24.1 Å². The maximum atomic E-state index is 13.8. The van der Waals surface area contributed by atoms with Gasteiger partial charge in [-0.15, -0.1) is 0 Å². The Kier molecular flexibility index (Phi) is 6.21. The second-order valence-corrected chi connectivity index (χ2v) is 9.81. The minimum Gasteiger partial charge on any atom is -0.468 e. The van der Waals surface area contributed by atoms with Gasteiger partial charge in [0.1, 0.15) is 23.7 Å². The summed E-state index contributed by atoms with van der Waals surface area (Å²) in [6.45, 7) is 5.60. The van der Waals surface area contributed by atoms with Gasteiger partial charge in [0.05, 0.1) is 19.3 Å². The predicted octanol–water partition coefficient (Wildman–Crippen LogP) is 2.63. The lowest BCUT2D eigenvalue weighted by molar-refractivity contribution is -0.146. The number of rotatable bonds is 6. The number of anilines is 1. The van der Waals surface area contributed by atoms with Crippen molar-refractivity contribution in [3.63, 3.8) is 0 Å². The summed E-state index contributed by atoms with van der Waals surface area (Å²) in [7, 11) is 1.24. The summed E-state index contributed by atoms with van der Waals surface area (Å²) in [5.41, 5.74) is 4.91. The van der Waals surface area contributed by atoms with Gasteiger partial charge < -0.3 is 24.8 Å². The van der Waals surface area contributed by atoms with Gasteiger partial charge in [-0.25, -0.2) is 9.59 Å². The Balaban J connectivity index is 2.01. The predicted molar refractivity (Wildman–Crippen MR) is 126 cm³/mol. The van der Waals surface area contributed by atoms with Crippen LogP contribution >= 0.6 is 0 Å². The van der Waals surface area contributed by atoms with Crippen LogP contribution in [0.5, 0.6) is 0 Å². The van der Waals surface area contributed by atoms with Crippen molar-refractivity contribution in [2.24, 2.45) is 11.1 Å². The van der Waals surface area contributed by atoms with Crippen molar-refractivity contribution in [3.05, 3.63) is 52.6 Å². The zero-order valence-corrected chi connectivity index (χ0v) is 20.4. The lowest BCUT2D eigenvalue weighted by Gasteiger charge is -2.41. The molecule has 0 saturated carbocycles. The number of Topliss-reactive ketones (excluding diaryl/α,β-unsaturated/α-hetero) is 1. The molecule has 0 aromatic heterocycles. The number of allylic oxidation sites excluding steroid dienone is 1. The Morgan fingerprint density at radius 2 is 1.89 bits per heavy atom. The number of benzene rings is 1. The highest BCUT2D eigenvalue weighted by atomic mass is 16.6. The van der Waals surface area contributed by atoms with E-state index < -0.39 is 28.7 Å². The zero-order chi connectivity index (χ0) is 25.5. The molecule has 1 atom stereocenters. The van der Waals surface area contributed by atoms with Crippen LogP contribution in [0.15, 0.2) is 47.0 Å². The number of hydrogen-bond acceptors (Lipinski definition) is 9. The van der Waals surface area contributed by atoms with Crippen LogP contribution in [0.2, 0.25) is 0 Å². The van der Waals surface area contributed by atoms with E-state index >= 15 is 0 Å². The number of carbonyl (C=O) groups excluding carboxylic acids is 4. The molecule has 1 aromatic carbocycles. The normalized spacial score (nSPS) is 22.7. The Morgan fingerprint density at radius 3 is 2.57 bits per heavy atom. The van der Waals surface area contributed by atoms with Gasteiger partial charge in [-0.05, 0) is 17.9 Å². The fourth-order valence-corrected chi connectivity index (χ4v) is 5.15. The quantitative estimate of drug-likeness (QED) is 0.370. The third kappa shape index (κ3) is 3.79. The van der Waals surface area contributed by atoms with E-state index in [1.54, 1.807) is 24.3 Å². The average Bonchev–Trinajstić information content (AvgIpc) is 3.07. The Morgan fingerprint density at radius 1 is 1.17 bits per heavy atom. The van der Waals surface area contributed by atoms with Gasteiger partial charge in [0.15, 0.2) is 11.2 Å². The maximum Gasteiger partial charge on any atom is 0.339 e. The van der Waals surface area contributed by atoms with Crippen molar-refractivity contribution in [2.75, 3.05) is 25.2 Å². The topological polar surface area (TPSA) is 125 Å². The number of carbonyl (C=O) groups is 4. The van der Waals surface area contributed by atoms with Gasteiger partial charge in [0.25, 0.3) is 0 Å². The molecule has 1 aromatic rings. The fraction of sp³-hybridized carbons (Fsp3) is 0.462. The molecule has 0 amide bonds. The maximum absolute atomic E-state index is 13.8. The number of esters is 3. The molecule has 2 N–H and O–H groups in total. The van der Waals surface area contributed by atoms with Crippen molar-refractivity contribution in [2.45, 2.75) is 51.9 Å². The van der Waals surface area contributed by atoms with Gasteiger partial charge in [-0.1, -0.05) is 45.4 Å². The summed E-state index contributed by atoms with van der Waals surface area (Å²) in [4.78, 5) is 54.6. The average molecular weight is 483 g/mol. The highest BCUT2D eigenvalue weighted by Gasteiger charge is 2.64. The molecule has 186 valence electrons. The summed E-state index contributed by atoms with van der Waals surface area (Å²) in [6, 6.07) is 6.74. The van der Waals surface area contributed by atoms with E-state index in [9.17, 15) is 19.2 Å². The van der Waals surface area contributed by atoms with Gasteiger partial charge >= 0.3 is 17.9 Å². The fourth-order valence-electron chi connectivity index (χ4n) is 5.15. The number of hydrogen-bond donors (Lipinski definition) is 1. The molecular formula is C26H30N2O7. The summed E-state index contributed by atoms with van der Waals surface area (Å²) < 4.78 is 16.1. The number of para-hydroxylation sites is 1. The molecule has 9 nitrogen and oxygen atoms in total. The number of ether oxygens (including phenoxy) is 3. The molecule has 0 fully saturated rings. The van der Waals surface area contributed by atoms with Crippen LogP contribution in [0.3, 0.4) is 0 Å². The molecule has 0 radical (unpaired) electrons. The summed E-state index contributed by atoms with van der Waals surface area (Å²) in [5.74, 6) is -2.39. The number of fused-ring (bicyclic) bond motifs is 3. The molecule has 35 heavy (non-hydrogen) atoms. The van der Waals surface area contributed by atoms with Crippen LogP contribution in [0.4, 0.5) is 5.69 Å². The van der Waals surface area contributed by atoms with Crippen molar-refractivity contribution >= 4 is 29.4 Å². The van der Waals surface area contributed by atoms with Crippen LogP contribution in [-0.4, -0.2) is 44.0 Å². The van der Waals surface area contributed by atoms with Gasteiger partial charge in [0.2, 0.25) is 0 Å². The highest BCUT2D eigenvalue weighted by molar-refractivity contribution is 6.18. The third-order valence-electron chi connectivity index (χ3n) is 6.70. The molecule has 3 aliphatic rings. The van der Waals surface area contributed by atoms with E-state index in [4.69, 9.17) is 19.9 Å². The van der Waals surface area contributed by atoms with Crippen LogP contribution in [0, 0.1) is 5.41 Å². The number of unbranched alkanes of at least 4 members (excludes halogenated alkanes) is 1. The molecule has 0 unspecified atom stereocenters. The van der Waals surface area contributed by atoms with E-state index in [-0.39, 0.29) is 48.1 Å². The minimum atomic E-state index is -1.88. The standard InChI is InChI=1S/C26H30N2O7/c1-5-6-11-34-23(31)21-22(27)28(14-19(30)33-4)16-10-8-7-9-15(16)26(21)20-17(29)12-25(2,3)13-18(20)35-24(26)32/h7-10H,5-6,11-14,27H2,1-4H3/t26-/m0/s1. The second-order valence-electron chi connectivity index (χ2n) is 9.81. The van der Waals surface area contributed by atoms with E-state index in [1.165, 1.54) is 12.0 Å². The first-order chi connectivity index (χ1) is 16.6. The van der Waals surface area contributed by atoms with Crippen LogP contribution < -0.4 is 10.6 Å².